The highest BCUT2D eigenvalue weighted by molar-refractivity contribution is 5.82. The van der Waals surface area contributed by atoms with E-state index in [4.69, 9.17) is 0 Å². The number of aromatic nitrogens is 2. The van der Waals surface area contributed by atoms with Crippen LogP contribution in [-0.2, 0) is 17.4 Å². The highest BCUT2D eigenvalue weighted by Crippen LogP contribution is 2.40. The molecule has 6 nitrogen and oxygen atoms in total. The molecular formula is C14H21F3N4O2. The van der Waals surface area contributed by atoms with E-state index in [1.807, 2.05) is 0 Å². The number of hydrogen-bond acceptors (Lipinski definition) is 4. The first-order valence-corrected chi connectivity index (χ1v) is 7.36. The molecular weight excluding hydrogens is 313 g/mol. The van der Waals surface area contributed by atoms with E-state index in [9.17, 15) is 23.1 Å². The number of aliphatic hydroxyl groups is 1. The van der Waals surface area contributed by atoms with E-state index in [-0.39, 0.29) is 12.5 Å². The third-order valence-electron chi connectivity index (χ3n) is 4.35. The molecule has 1 amide bonds. The number of alkyl halides is 3. The number of nitrogens with zero attached hydrogens (tertiary/aromatic N) is 2. The number of rotatable bonds is 5. The first-order valence-electron chi connectivity index (χ1n) is 7.36. The lowest BCUT2D eigenvalue weighted by Crippen LogP contribution is -2.48. The Balaban J connectivity index is 2.06. The number of hydrogen-bond donors (Lipinski definition) is 3. The molecule has 0 aromatic carbocycles. The van der Waals surface area contributed by atoms with Crippen LogP contribution in [0.2, 0.25) is 0 Å². The van der Waals surface area contributed by atoms with Crippen molar-refractivity contribution >= 4 is 5.91 Å². The fourth-order valence-electron chi connectivity index (χ4n) is 2.73. The topological polar surface area (TPSA) is 79.2 Å². The molecule has 0 spiro atoms. The molecule has 2 atom stereocenters. The van der Waals surface area contributed by atoms with Crippen LogP contribution in [0.25, 0.3) is 0 Å². The molecule has 9 heteroatoms. The van der Waals surface area contributed by atoms with Gasteiger partial charge in [0.15, 0.2) is 0 Å². The van der Waals surface area contributed by atoms with E-state index >= 15 is 0 Å². The molecule has 0 saturated carbocycles. The minimum absolute atomic E-state index is 0.294. The van der Waals surface area contributed by atoms with Crippen molar-refractivity contribution in [3.63, 3.8) is 0 Å². The molecule has 1 fully saturated rings. The lowest BCUT2D eigenvalue weighted by molar-refractivity contribution is -0.272. The zero-order valence-corrected chi connectivity index (χ0v) is 13.1. The maximum absolute atomic E-state index is 13.3. The average Bonchev–Trinajstić information content (AvgIpc) is 3.07. The van der Waals surface area contributed by atoms with Gasteiger partial charge in [-0.15, -0.1) is 0 Å². The summed E-state index contributed by atoms with van der Waals surface area (Å²) < 4.78 is 41.1. The fourth-order valence-corrected chi connectivity index (χ4v) is 2.73. The van der Waals surface area contributed by atoms with E-state index in [0.717, 1.165) is 4.57 Å². The molecule has 2 heterocycles. The summed E-state index contributed by atoms with van der Waals surface area (Å²) in [7, 11) is 1.38. The lowest BCUT2D eigenvalue weighted by atomic mass is 9.88. The van der Waals surface area contributed by atoms with Gasteiger partial charge >= 0.3 is 6.18 Å². The van der Waals surface area contributed by atoms with Gasteiger partial charge < -0.3 is 20.3 Å². The highest BCUT2D eigenvalue weighted by Gasteiger charge is 2.57. The second-order valence-corrected chi connectivity index (χ2v) is 6.21. The summed E-state index contributed by atoms with van der Waals surface area (Å²) in [5.41, 5.74) is -3.73. The van der Waals surface area contributed by atoms with Gasteiger partial charge in [-0.1, -0.05) is 0 Å². The number of carbonyl (C=O) groups is 1. The van der Waals surface area contributed by atoms with Crippen molar-refractivity contribution in [2.24, 2.45) is 12.5 Å². The first kappa shape index (κ1) is 17.7. The van der Waals surface area contributed by atoms with E-state index in [0.29, 0.717) is 19.5 Å². The Morgan fingerprint density at radius 3 is 2.74 bits per heavy atom. The van der Waals surface area contributed by atoms with E-state index in [2.05, 4.69) is 15.6 Å². The molecule has 1 aromatic rings. The van der Waals surface area contributed by atoms with Gasteiger partial charge in [-0.05, 0) is 19.9 Å². The second-order valence-electron chi connectivity index (χ2n) is 6.21. The second kappa shape index (κ2) is 6.12. The fraction of sp³-hybridized carbons (Fsp3) is 0.714. The monoisotopic (exact) mass is 334 g/mol. The van der Waals surface area contributed by atoms with Crippen LogP contribution < -0.4 is 10.6 Å². The van der Waals surface area contributed by atoms with Crippen molar-refractivity contribution < 1.29 is 23.1 Å². The molecule has 1 saturated heterocycles. The van der Waals surface area contributed by atoms with Crippen LogP contribution in [-0.4, -0.2) is 46.4 Å². The Morgan fingerprint density at radius 1 is 1.57 bits per heavy atom. The van der Waals surface area contributed by atoms with Crippen LogP contribution in [0.5, 0.6) is 0 Å². The predicted molar refractivity (Wildman–Crippen MR) is 76.4 cm³/mol. The molecule has 0 bridgehead atoms. The summed E-state index contributed by atoms with van der Waals surface area (Å²) in [6.07, 6.45) is -2.44. The van der Waals surface area contributed by atoms with Crippen LogP contribution in [0, 0.1) is 5.41 Å². The minimum Gasteiger partial charge on any atom is -0.374 e. The molecule has 1 aromatic heterocycles. The van der Waals surface area contributed by atoms with Crippen molar-refractivity contribution in [2.75, 3.05) is 19.6 Å². The molecule has 1 aliphatic rings. The third-order valence-corrected chi connectivity index (χ3v) is 4.35. The maximum atomic E-state index is 13.3. The number of halogens is 3. The number of imidazole rings is 1. The van der Waals surface area contributed by atoms with Gasteiger partial charge in [0.25, 0.3) is 0 Å². The number of amides is 1. The summed E-state index contributed by atoms with van der Waals surface area (Å²) >= 11 is 0. The standard InChI is InChI=1S/C14H21F3N4O2/c1-12(3-5-18-9-12)11(22)20-6-4-13(23,14(15,16)17)10-19-7-8-21(10)2/h7-8,18,23H,3-6,9H2,1-2H3,(H,20,22). The number of carbonyl (C=O) groups excluding carboxylic acids is 1. The van der Waals surface area contributed by atoms with Gasteiger partial charge in [0, 0.05) is 39.0 Å². The van der Waals surface area contributed by atoms with Crippen molar-refractivity contribution in [1.29, 1.82) is 0 Å². The summed E-state index contributed by atoms with van der Waals surface area (Å²) in [6.45, 7) is 2.65. The Hall–Kier alpha value is -1.61. The highest BCUT2D eigenvalue weighted by atomic mass is 19.4. The summed E-state index contributed by atoms with van der Waals surface area (Å²) in [5, 5.41) is 15.7. The molecule has 2 rings (SSSR count). The SMILES string of the molecule is Cn1ccnc1C(O)(CCNC(=O)C1(C)CCNC1)C(F)(F)F. The maximum Gasteiger partial charge on any atom is 0.424 e. The number of aryl methyl sites for hydroxylation is 1. The largest absolute Gasteiger partial charge is 0.424 e. The molecule has 23 heavy (non-hydrogen) atoms. The van der Waals surface area contributed by atoms with E-state index < -0.39 is 29.4 Å². The average molecular weight is 334 g/mol. The van der Waals surface area contributed by atoms with Crippen LogP contribution >= 0.6 is 0 Å². The lowest BCUT2D eigenvalue weighted by Gasteiger charge is -2.30. The van der Waals surface area contributed by atoms with Gasteiger partial charge in [-0.3, -0.25) is 4.79 Å². The van der Waals surface area contributed by atoms with Gasteiger partial charge in [0.05, 0.1) is 5.41 Å². The van der Waals surface area contributed by atoms with Crippen LogP contribution in [0.3, 0.4) is 0 Å². The van der Waals surface area contributed by atoms with Gasteiger partial charge in [-0.25, -0.2) is 4.98 Å². The third kappa shape index (κ3) is 3.35. The summed E-state index contributed by atoms with van der Waals surface area (Å²) in [4.78, 5) is 15.7. The molecule has 0 radical (unpaired) electrons. The molecule has 3 N–H and O–H groups in total. The van der Waals surface area contributed by atoms with E-state index in [1.165, 1.54) is 19.4 Å². The molecule has 0 aliphatic carbocycles. The van der Waals surface area contributed by atoms with Gasteiger partial charge in [-0.2, -0.15) is 13.2 Å². The summed E-state index contributed by atoms with van der Waals surface area (Å²) in [6, 6.07) is 0. The normalized spacial score (nSPS) is 24.4. The van der Waals surface area contributed by atoms with Crippen LogP contribution in [0.15, 0.2) is 12.4 Å². The molecule has 1 aliphatic heterocycles. The van der Waals surface area contributed by atoms with E-state index in [1.54, 1.807) is 6.92 Å². The molecule has 2 unspecified atom stereocenters. The zero-order valence-electron chi connectivity index (χ0n) is 13.1. The smallest absolute Gasteiger partial charge is 0.374 e. The van der Waals surface area contributed by atoms with Crippen molar-refractivity contribution in [2.45, 2.75) is 31.5 Å². The van der Waals surface area contributed by atoms with Gasteiger partial charge in [0.1, 0.15) is 5.82 Å². The minimum atomic E-state index is -4.89. The van der Waals surface area contributed by atoms with Crippen molar-refractivity contribution in [3.8, 4) is 0 Å². The predicted octanol–water partition coefficient (Wildman–Crippen LogP) is 0.676. The number of nitrogens with one attached hydrogen (secondary N) is 2. The van der Waals surface area contributed by atoms with Crippen molar-refractivity contribution in [1.82, 2.24) is 20.2 Å². The Bertz CT molecular complexity index is 567. The van der Waals surface area contributed by atoms with Gasteiger partial charge in [0.2, 0.25) is 11.5 Å². The Labute approximate surface area is 132 Å². The van der Waals surface area contributed by atoms with Crippen LogP contribution in [0.1, 0.15) is 25.6 Å². The molecule has 130 valence electrons. The van der Waals surface area contributed by atoms with Crippen molar-refractivity contribution in [3.05, 3.63) is 18.2 Å². The Morgan fingerprint density at radius 2 is 2.26 bits per heavy atom. The quantitative estimate of drug-likeness (QED) is 0.740. The Kier molecular flexibility index (Phi) is 4.72. The zero-order chi connectivity index (χ0) is 17.3. The first-order chi connectivity index (χ1) is 10.6. The van der Waals surface area contributed by atoms with Crippen LogP contribution in [0.4, 0.5) is 13.2 Å². The summed E-state index contributed by atoms with van der Waals surface area (Å²) in [5.74, 6) is -0.806.